The van der Waals surface area contributed by atoms with E-state index in [2.05, 4.69) is 15.5 Å². The van der Waals surface area contributed by atoms with Gasteiger partial charge in [-0.15, -0.1) is 0 Å². The number of nitrogens with zero attached hydrogens (tertiary/aromatic N) is 3. The highest BCUT2D eigenvalue weighted by molar-refractivity contribution is 7.91. The molecule has 2 amide bonds. The van der Waals surface area contributed by atoms with E-state index in [0.717, 1.165) is 5.56 Å². The van der Waals surface area contributed by atoms with Crippen molar-refractivity contribution < 1.29 is 17.7 Å². The van der Waals surface area contributed by atoms with Crippen molar-refractivity contribution in [3.05, 3.63) is 36.2 Å². The summed E-state index contributed by atoms with van der Waals surface area (Å²) in [5, 5.41) is 6.77. The Morgan fingerprint density at radius 2 is 1.92 bits per heavy atom. The first-order chi connectivity index (χ1) is 12.4. The van der Waals surface area contributed by atoms with Gasteiger partial charge in [0.05, 0.1) is 11.5 Å². The number of benzene rings is 1. The number of carbonyl (C=O) groups excluding carboxylic acids is 1. The second kappa shape index (κ2) is 7.45. The van der Waals surface area contributed by atoms with Gasteiger partial charge in [0, 0.05) is 18.7 Å². The van der Waals surface area contributed by atoms with Crippen molar-refractivity contribution >= 4 is 15.9 Å². The third kappa shape index (κ3) is 4.21. The first-order valence-corrected chi connectivity index (χ1v) is 10.3. The molecule has 8 nitrogen and oxygen atoms in total. The van der Waals surface area contributed by atoms with E-state index >= 15 is 0 Å². The molecule has 2 heterocycles. The number of nitrogens with one attached hydrogen (secondary N) is 1. The molecule has 3 rings (SSSR count). The smallest absolute Gasteiger partial charge is 0.318 e. The zero-order chi connectivity index (χ0) is 18.7. The van der Waals surface area contributed by atoms with Gasteiger partial charge in [-0.3, -0.25) is 0 Å². The highest BCUT2D eigenvalue weighted by atomic mass is 32.2. The summed E-state index contributed by atoms with van der Waals surface area (Å²) in [6, 6.07) is 8.59. The van der Waals surface area contributed by atoms with Crippen molar-refractivity contribution in [3.63, 3.8) is 0 Å². The van der Waals surface area contributed by atoms with E-state index in [4.69, 9.17) is 4.52 Å². The lowest BCUT2D eigenvalue weighted by molar-refractivity contribution is 0.180. The van der Waals surface area contributed by atoms with E-state index in [9.17, 15) is 13.2 Å². The van der Waals surface area contributed by atoms with Crippen LogP contribution in [0.2, 0.25) is 0 Å². The Labute approximate surface area is 152 Å². The quantitative estimate of drug-likeness (QED) is 0.872. The van der Waals surface area contributed by atoms with Crippen molar-refractivity contribution in [2.75, 3.05) is 18.6 Å². The van der Waals surface area contributed by atoms with Crippen LogP contribution in [0.15, 0.2) is 34.9 Å². The van der Waals surface area contributed by atoms with Crippen LogP contribution < -0.4 is 5.32 Å². The summed E-state index contributed by atoms with van der Waals surface area (Å²) in [6.07, 6.45) is 0.915. The summed E-state index contributed by atoms with van der Waals surface area (Å²) in [5.41, 5.74) is 0.835. The second-order valence-corrected chi connectivity index (χ2v) is 8.79. The number of sulfone groups is 1. The zero-order valence-electron chi connectivity index (χ0n) is 14.8. The van der Waals surface area contributed by atoms with Crippen molar-refractivity contribution in [2.45, 2.75) is 31.8 Å². The monoisotopic (exact) mass is 378 g/mol. The minimum atomic E-state index is -2.96. The van der Waals surface area contributed by atoms with Crippen LogP contribution in [-0.4, -0.2) is 54.1 Å². The fourth-order valence-corrected chi connectivity index (χ4v) is 4.36. The summed E-state index contributed by atoms with van der Waals surface area (Å²) in [7, 11) is -1.28. The molecule has 1 aliphatic rings. The Bertz CT molecular complexity index is 852. The Hall–Kier alpha value is -2.42. The molecule has 1 fully saturated rings. The summed E-state index contributed by atoms with van der Waals surface area (Å²) in [6.45, 7) is 1.76. The van der Waals surface area contributed by atoms with Crippen LogP contribution >= 0.6 is 0 Å². The van der Waals surface area contributed by atoms with Gasteiger partial charge in [-0.05, 0) is 19.8 Å². The van der Waals surface area contributed by atoms with E-state index < -0.39 is 15.9 Å². The van der Waals surface area contributed by atoms with Crippen molar-refractivity contribution in [2.24, 2.45) is 0 Å². The summed E-state index contributed by atoms with van der Waals surface area (Å²) in [4.78, 5) is 18.3. The van der Waals surface area contributed by atoms with Crippen LogP contribution in [0, 0.1) is 0 Å². The largest absolute Gasteiger partial charge is 0.337 e. The average molecular weight is 378 g/mol. The van der Waals surface area contributed by atoms with Gasteiger partial charge in [0.15, 0.2) is 0 Å². The Morgan fingerprint density at radius 1 is 1.27 bits per heavy atom. The number of carbonyl (C=O) groups is 1. The molecule has 2 aromatic rings. The number of amides is 2. The number of urea groups is 1. The maximum absolute atomic E-state index is 12.4. The van der Waals surface area contributed by atoms with E-state index in [1.165, 1.54) is 0 Å². The van der Waals surface area contributed by atoms with Gasteiger partial charge in [0.1, 0.15) is 15.9 Å². The van der Waals surface area contributed by atoms with E-state index in [0.29, 0.717) is 24.6 Å². The van der Waals surface area contributed by atoms with E-state index in [1.54, 1.807) is 18.9 Å². The Kier molecular flexibility index (Phi) is 5.26. The van der Waals surface area contributed by atoms with Gasteiger partial charge >= 0.3 is 6.03 Å². The predicted octanol–water partition coefficient (Wildman–Crippen LogP) is 2.02. The van der Waals surface area contributed by atoms with Gasteiger partial charge in [-0.25, -0.2) is 13.2 Å². The molecule has 0 radical (unpaired) electrons. The molecule has 9 heteroatoms. The number of hydrogen-bond donors (Lipinski definition) is 1. The van der Waals surface area contributed by atoms with Gasteiger partial charge in [-0.1, -0.05) is 35.5 Å². The molecule has 1 N–H and O–H groups in total. The molecule has 0 spiro atoms. The average Bonchev–Trinajstić information content (AvgIpc) is 3.12. The lowest BCUT2D eigenvalue weighted by atomic mass is 10.1. The van der Waals surface area contributed by atoms with Crippen LogP contribution in [0.5, 0.6) is 0 Å². The lowest BCUT2D eigenvalue weighted by Crippen LogP contribution is -2.47. The minimum absolute atomic E-state index is 0.0895. The number of rotatable bonds is 4. The number of hydrogen-bond acceptors (Lipinski definition) is 6. The molecule has 0 saturated carbocycles. The van der Waals surface area contributed by atoms with Crippen molar-refractivity contribution in [3.8, 4) is 11.4 Å². The molecule has 1 atom stereocenters. The molecular formula is C17H22N4O4S. The van der Waals surface area contributed by atoms with E-state index in [1.807, 2.05) is 30.3 Å². The molecule has 0 unspecified atom stereocenters. The van der Waals surface area contributed by atoms with Gasteiger partial charge in [0.25, 0.3) is 0 Å². The summed E-state index contributed by atoms with van der Waals surface area (Å²) < 4.78 is 28.3. The number of aromatic nitrogens is 2. The molecule has 1 aromatic carbocycles. The molecule has 1 aromatic heterocycles. The van der Waals surface area contributed by atoms with Crippen LogP contribution in [0.1, 0.15) is 31.7 Å². The summed E-state index contributed by atoms with van der Waals surface area (Å²) in [5.74, 6) is 1.02. The summed E-state index contributed by atoms with van der Waals surface area (Å²) >= 11 is 0. The molecule has 1 saturated heterocycles. The zero-order valence-corrected chi connectivity index (χ0v) is 15.6. The van der Waals surface area contributed by atoms with Gasteiger partial charge in [-0.2, -0.15) is 4.98 Å². The van der Waals surface area contributed by atoms with Crippen molar-refractivity contribution in [1.82, 2.24) is 20.4 Å². The SMILES string of the molecule is C[C@@H](NC(=O)N(C)C1CCS(=O)(=O)CC1)c1nc(-c2ccccc2)no1. The topological polar surface area (TPSA) is 105 Å². The highest BCUT2D eigenvalue weighted by Gasteiger charge is 2.29. The van der Waals surface area contributed by atoms with Crippen molar-refractivity contribution in [1.29, 1.82) is 0 Å². The standard InChI is InChI=1S/C17H22N4O4S/c1-12(16-19-15(20-25-16)13-6-4-3-5-7-13)18-17(22)21(2)14-8-10-26(23,24)11-9-14/h3-7,12,14H,8-11H2,1-2H3,(H,18,22)/t12-/m1/s1. The van der Waals surface area contributed by atoms with Gasteiger partial charge < -0.3 is 14.7 Å². The molecule has 26 heavy (non-hydrogen) atoms. The highest BCUT2D eigenvalue weighted by Crippen LogP contribution is 2.20. The molecule has 140 valence electrons. The molecular weight excluding hydrogens is 356 g/mol. The lowest BCUT2D eigenvalue weighted by Gasteiger charge is -2.31. The van der Waals surface area contributed by atoms with Crippen LogP contribution in [-0.2, 0) is 9.84 Å². The fraction of sp³-hybridized carbons (Fsp3) is 0.471. The molecule has 1 aliphatic heterocycles. The molecule has 0 aliphatic carbocycles. The minimum Gasteiger partial charge on any atom is -0.337 e. The first-order valence-electron chi connectivity index (χ1n) is 8.48. The predicted molar refractivity (Wildman–Crippen MR) is 96.1 cm³/mol. The fourth-order valence-electron chi connectivity index (χ4n) is 2.90. The normalized spacial score (nSPS) is 18.2. The maximum atomic E-state index is 12.4. The van der Waals surface area contributed by atoms with Crippen LogP contribution in [0.4, 0.5) is 4.79 Å². The first kappa shape index (κ1) is 18.4. The third-order valence-electron chi connectivity index (χ3n) is 4.58. The molecule has 0 bridgehead atoms. The third-order valence-corrected chi connectivity index (χ3v) is 6.29. The van der Waals surface area contributed by atoms with E-state index in [-0.39, 0.29) is 23.6 Å². The maximum Gasteiger partial charge on any atom is 0.318 e. The van der Waals surface area contributed by atoms with Crippen LogP contribution in [0.3, 0.4) is 0 Å². The Morgan fingerprint density at radius 3 is 2.58 bits per heavy atom. The van der Waals surface area contributed by atoms with Crippen LogP contribution in [0.25, 0.3) is 11.4 Å². The Balaban J connectivity index is 1.60. The van der Waals surface area contributed by atoms with Gasteiger partial charge in [0.2, 0.25) is 11.7 Å². The second-order valence-electron chi connectivity index (χ2n) is 6.49.